The maximum atomic E-state index is 13.1. The Bertz CT molecular complexity index is 813. The van der Waals surface area contributed by atoms with Crippen LogP contribution in [0.15, 0.2) is 42.5 Å². The summed E-state index contributed by atoms with van der Waals surface area (Å²) in [4.78, 5) is 24.3. The molecular formula is C17H13Cl2FN2O2. The van der Waals surface area contributed by atoms with Crippen LogP contribution in [-0.2, 0) is 9.59 Å². The number of hydrogen-bond acceptors (Lipinski definition) is 2. The van der Waals surface area contributed by atoms with E-state index in [1.54, 1.807) is 24.3 Å². The van der Waals surface area contributed by atoms with Crippen molar-refractivity contribution in [1.82, 2.24) is 0 Å². The van der Waals surface area contributed by atoms with Gasteiger partial charge in [0, 0.05) is 16.4 Å². The molecule has 2 unspecified atom stereocenters. The summed E-state index contributed by atoms with van der Waals surface area (Å²) in [6.45, 7) is 0. The molecule has 2 N–H and O–H groups in total. The summed E-state index contributed by atoms with van der Waals surface area (Å²) >= 11 is 11.5. The smallest absolute Gasteiger partial charge is 0.228 e. The predicted octanol–water partition coefficient (Wildman–Crippen LogP) is 4.35. The molecule has 4 nitrogen and oxygen atoms in total. The minimum absolute atomic E-state index is 0.0705. The topological polar surface area (TPSA) is 58.2 Å². The number of carbonyl (C=O) groups is 2. The molecule has 3 rings (SSSR count). The van der Waals surface area contributed by atoms with Crippen LogP contribution in [0.3, 0.4) is 0 Å². The van der Waals surface area contributed by atoms with E-state index in [0.717, 1.165) is 0 Å². The quantitative estimate of drug-likeness (QED) is 0.844. The van der Waals surface area contributed by atoms with Crippen LogP contribution in [-0.4, -0.2) is 11.8 Å². The Labute approximate surface area is 148 Å². The van der Waals surface area contributed by atoms with Gasteiger partial charge in [-0.1, -0.05) is 29.3 Å². The standard InChI is InChI=1S/C17H13Cl2FN2O2/c18-9-2-1-3-10(6-9)21-16(23)12-8-13(12)17(24)22-11-4-5-15(20)14(19)7-11/h1-7,12-13H,8H2,(H,21,23)(H,22,24). The Hall–Kier alpha value is -2.11. The van der Waals surface area contributed by atoms with Crippen molar-refractivity contribution in [3.05, 3.63) is 58.3 Å². The first kappa shape index (κ1) is 16.7. The molecule has 0 heterocycles. The van der Waals surface area contributed by atoms with E-state index < -0.39 is 11.7 Å². The molecule has 1 aliphatic rings. The first-order valence-corrected chi connectivity index (χ1v) is 8.02. The molecule has 24 heavy (non-hydrogen) atoms. The zero-order valence-corrected chi connectivity index (χ0v) is 13.9. The van der Waals surface area contributed by atoms with E-state index in [-0.39, 0.29) is 22.8 Å². The summed E-state index contributed by atoms with van der Waals surface area (Å²) in [5.74, 6) is -1.87. The lowest BCUT2D eigenvalue weighted by Crippen LogP contribution is -2.20. The van der Waals surface area contributed by atoms with E-state index in [4.69, 9.17) is 23.2 Å². The monoisotopic (exact) mass is 366 g/mol. The van der Waals surface area contributed by atoms with E-state index in [1.165, 1.54) is 18.2 Å². The number of benzene rings is 2. The highest BCUT2D eigenvalue weighted by molar-refractivity contribution is 6.31. The van der Waals surface area contributed by atoms with Crippen molar-refractivity contribution in [1.29, 1.82) is 0 Å². The molecule has 0 radical (unpaired) electrons. The highest BCUT2D eigenvalue weighted by Gasteiger charge is 2.48. The lowest BCUT2D eigenvalue weighted by atomic mass is 10.2. The van der Waals surface area contributed by atoms with Gasteiger partial charge in [0.1, 0.15) is 5.82 Å². The summed E-state index contributed by atoms with van der Waals surface area (Å²) in [6.07, 6.45) is 0.465. The summed E-state index contributed by atoms with van der Waals surface area (Å²) in [6, 6.07) is 10.7. The summed E-state index contributed by atoms with van der Waals surface area (Å²) in [5.41, 5.74) is 0.983. The highest BCUT2D eigenvalue weighted by atomic mass is 35.5. The maximum Gasteiger partial charge on any atom is 0.228 e. The molecule has 0 aromatic heterocycles. The van der Waals surface area contributed by atoms with Crippen LogP contribution in [0.2, 0.25) is 10.0 Å². The van der Waals surface area contributed by atoms with E-state index in [0.29, 0.717) is 22.8 Å². The Morgan fingerprint density at radius 2 is 1.58 bits per heavy atom. The molecule has 2 amide bonds. The van der Waals surface area contributed by atoms with E-state index >= 15 is 0 Å². The van der Waals surface area contributed by atoms with Gasteiger partial charge < -0.3 is 10.6 Å². The Morgan fingerprint density at radius 3 is 2.17 bits per heavy atom. The van der Waals surface area contributed by atoms with E-state index in [1.807, 2.05) is 0 Å². The second-order valence-electron chi connectivity index (χ2n) is 5.57. The van der Waals surface area contributed by atoms with Gasteiger partial charge >= 0.3 is 0 Å². The summed E-state index contributed by atoms with van der Waals surface area (Å²) < 4.78 is 13.1. The molecule has 2 aromatic carbocycles. The lowest BCUT2D eigenvalue weighted by molar-refractivity contribution is -0.122. The number of amides is 2. The maximum absolute atomic E-state index is 13.1. The number of rotatable bonds is 4. The van der Waals surface area contributed by atoms with Crippen molar-refractivity contribution >= 4 is 46.4 Å². The van der Waals surface area contributed by atoms with Crippen molar-refractivity contribution in [2.75, 3.05) is 10.6 Å². The van der Waals surface area contributed by atoms with Crippen molar-refractivity contribution in [3.8, 4) is 0 Å². The lowest BCUT2D eigenvalue weighted by Gasteiger charge is -2.07. The fraction of sp³-hybridized carbons (Fsp3) is 0.176. The average Bonchev–Trinajstić information content (AvgIpc) is 3.32. The van der Waals surface area contributed by atoms with Gasteiger partial charge in [-0.15, -0.1) is 0 Å². The molecule has 0 aliphatic heterocycles. The van der Waals surface area contributed by atoms with Crippen LogP contribution < -0.4 is 10.6 Å². The second kappa shape index (κ2) is 6.79. The first-order valence-electron chi connectivity index (χ1n) is 7.26. The van der Waals surface area contributed by atoms with E-state index in [9.17, 15) is 14.0 Å². The molecule has 0 saturated heterocycles. The van der Waals surface area contributed by atoms with Crippen LogP contribution in [0.5, 0.6) is 0 Å². The fourth-order valence-corrected chi connectivity index (χ4v) is 2.76. The van der Waals surface area contributed by atoms with E-state index in [2.05, 4.69) is 10.6 Å². The van der Waals surface area contributed by atoms with Crippen LogP contribution >= 0.6 is 23.2 Å². The number of hydrogen-bond donors (Lipinski definition) is 2. The van der Waals surface area contributed by atoms with Crippen LogP contribution in [0, 0.1) is 17.7 Å². The molecule has 7 heteroatoms. The number of nitrogens with one attached hydrogen (secondary N) is 2. The van der Waals surface area contributed by atoms with Crippen molar-refractivity contribution in [3.63, 3.8) is 0 Å². The second-order valence-corrected chi connectivity index (χ2v) is 6.41. The molecule has 0 bridgehead atoms. The Kier molecular flexibility index (Phi) is 4.73. The first-order chi connectivity index (χ1) is 11.4. The van der Waals surface area contributed by atoms with Gasteiger partial charge in [0.05, 0.1) is 16.9 Å². The molecule has 0 spiro atoms. The largest absolute Gasteiger partial charge is 0.326 e. The van der Waals surface area contributed by atoms with Gasteiger partial charge in [0.25, 0.3) is 0 Å². The molecule has 1 aliphatic carbocycles. The third kappa shape index (κ3) is 3.86. The third-order valence-electron chi connectivity index (χ3n) is 3.74. The highest BCUT2D eigenvalue weighted by Crippen LogP contribution is 2.40. The molecule has 1 fully saturated rings. The number of carbonyl (C=O) groups excluding carboxylic acids is 2. The van der Waals surface area contributed by atoms with Crippen molar-refractivity contribution < 1.29 is 14.0 Å². The normalized spacial score (nSPS) is 18.8. The van der Waals surface area contributed by atoms with Gasteiger partial charge in [0.15, 0.2) is 0 Å². The van der Waals surface area contributed by atoms with Crippen LogP contribution in [0.1, 0.15) is 6.42 Å². The van der Waals surface area contributed by atoms with Crippen LogP contribution in [0.25, 0.3) is 0 Å². The zero-order valence-electron chi connectivity index (χ0n) is 12.4. The molecule has 2 atom stereocenters. The molecule has 1 saturated carbocycles. The van der Waals surface area contributed by atoms with Gasteiger partial charge in [-0.25, -0.2) is 4.39 Å². The van der Waals surface area contributed by atoms with Gasteiger partial charge in [-0.3, -0.25) is 9.59 Å². The van der Waals surface area contributed by atoms with Crippen molar-refractivity contribution in [2.24, 2.45) is 11.8 Å². The Balaban J connectivity index is 1.57. The zero-order chi connectivity index (χ0) is 17.3. The number of halogens is 3. The fourth-order valence-electron chi connectivity index (χ4n) is 2.38. The summed E-state index contributed by atoms with van der Waals surface area (Å²) in [5, 5.41) is 5.82. The van der Waals surface area contributed by atoms with Gasteiger partial charge in [0.2, 0.25) is 11.8 Å². The third-order valence-corrected chi connectivity index (χ3v) is 4.27. The van der Waals surface area contributed by atoms with Crippen molar-refractivity contribution in [2.45, 2.75) is 6.42 Å². The van der Waals surface area contributed by atoms with Crippen LogP contribution in [0.4, 0.5) is 15.8 Å². The minimum Gasteiger partial charge on any atom is -0.326 e. The molecule has 124 valence electrons. The van der Waals surface area contributed by atoms with Gasteiger partial charge in [-0.05, 0) is 42.8 Å². The average molecular weight is 367 g/mol. The van der Waals surface area contributed by atoms with Gasteiger partial charge in [-0.2, -0.15) is 0 Å². The number of anilines is 2. The summed E-state index contributed by atoms with van der Waals surface area (Å²) in [7, 11) is 0. The Morgan fingerprint density at radius 1 is 0.958 bits per heavy atom. The SMILES string of the molecule is O=C(Nc1cccc(Cl)c1)C1CC1C(=O)Nc1ccc(F)c(Cl)c1. The predicted molar refractivity (Wildman–Crippen MR) is 91.7 cm³/mol. The minimum atomic E-state index is -0.556. The molecule has 2 aromatic rings. The molecular weight excluding hydrogens is 354 g/mol.